The van der Waals surface area contributed by atoms with Gasteiger partial charge in [-0.25, -0.2) is 4.98 Å². The molecule has 1 aromatic rings. The van der Waals surface area contributed by atoms with E-state index in [-0.39, 0.29) is 16.7 Å². The number of nitrogens with one attached hydrogen (secondary N) is 1. The van der Waals surface area contributed by atoms with Gasteiger partial charge in [0, 0.05) is 6.20 Å². The zero-order valence-corrected chi connectivity index (χ0v) is 10.8. The summed E-state index contributed by atoms with van der Waals surface area (Å²) < 4.78 is 0. The molecule has 3 nitrogen and oxygen atoms in total. The first-order valence-electron chi connectivity index (χ1n) is 4.58. The first-order valence-corrected chi connectivity index (χ1v) is 5.87. The van der Waals surface area contributed by atoms with Crippen LogP contribution in [0.2, 0.25) is 5.15 Å². The molecule has 0 saturated heterocycles. The molecule has 0 bridgehead atoms. The Bertz CT molecular complexity index is 357. The summed E-state index contributed by atoms with van der Waals surface area (Å²) in [6, 6.07) is 3.44. The van der Waals surface area contributed by atoms with E-state index < -0.39 is 0 Å². The van der Waals surface area contributed by atoms with Gasteiger partial charge in [-0.05, 0) is 18.1 Å². The Labute approximate surface area is 102 Å². The van der Waals surface area contributed by atoms with Crippen molar-refractivity contribution in [1.29, 1.82) is 0 Å². The second-order valence-electron chi connectivity index (χ2n) is 3.48. The maximum atomic E-state index is 11.7. The van der Waals surface area contributed by atoms with Crippen molar-refractivity contribution in [3.8, 4) is 0 Å². The van der Waals surface area contributed by atoms with Crippen LogP contribution in [0.3, 0.4) is 0 Å². The van der Waals surface area contributed by atoms with Crippen LogP contribution >= 0.6 is 27.5 Å². The van der Waals surface area contributed by atoms with Gasteiger partial charge in [-0.3, -0.25) is 4.79 Å². The van der Waals surface area contributed by atoms with Crippen LogP contribution in [0.4, 0.5) is 5.69 Å². The van der Waals surface area contributed by atoms with Gasteiger partial charge >= 0.3 is 0 Å². The van der Waals surface area contributed by atoms with Gasteiger partial charge in [0.05, 0.1) is 10.5 Å². The number of alkyl halides is 1. The molecule has 15 heavy (non-hydrogen) atoms. The molecular formula is C10H12BrClN2O. The summed E-state index contributed by atoms with van der Waals surface area (Å²) in [7, 11) is 0. The zero-order valence-electron chi connectivity index (χ0n) is 8.50. The number of amides is 1. The fraction of sp³-hybridized carbons (Fsp3) is 0.400. The molecule has 82 valence electrons. The van der Waals surface area contributed by atoms with Gasteiger partial charge in [-0.2, -0.15) is 0 Å². The van der Waals surface area contributed by atoms with Crippen molar-refractivity contribution in [2.45, 2.75) is 18.7 Å². The number of pyridine rings is 1. The summed E-state index contributed by atoms with van der Waals surface area (Å²) in [5.74, 6) is 0.111. The van der Waals surface area contributed by atoms with Crippen LogP contribution in [-0.2, 0) is 4.79 Å². The van der Waals surface area contributed by atoms with Crippen LogP contribution < -0.4 is 5.32 Å². The molecule has 0 aliphatic carbocycles. The predicted octanol–water partition coefficient (Wildman–Crippen LogP) is 3.09. The first kappa shape index (κ1) is 12.5. The van der Waals surface area contributed by atoms with E-state index in [9.17, 15) is 4.79 Å². The van der Waals surface area contributed by atoms with E-state index in [0.29, 0.717) is 10.8 Å². The Morgan fingerprint density at radius 3 is 2.80 bits per heavy atom. The van der Waals surface area contributed by atoms with Crippen LogP contribution in [0.15, 0.2) is 18.3 Å². The predicted molar refractivity (Wildman–Crippen MR) is 65.4 cm³/mol. The maximum absolute atomic E-state index is 11.7. The molecule has 0 spiro atoms. The van der Waals surface area contributed by atoms with Crippen LogP contribution in [0.1, 0.15) is 13.8 Å². The summed E-state index contributed by atoms with van der Waals surface area (Å²) >= 11 is 9.13. The van der Waals surface area contributed by atoms with Gasteiger partial charge in [0.15, 0.2) is 5.15 Å². The van der Waals surface area contributed by atoms with E-state index in [1.54, 1.807) is 18.3 Å². The Hall–Kier alpha value is -0.610. The molecule has 1 aromatic heterocycles. The van der Waals surface area contributed by atoms with Gasteiger partial charge in [-0.1, -0.05) is 41.4 Å². The lowest BCUT2D eigenvalue weighted by atomic mass is 10.1. The molecule has 5 heteroatoms. The van der Waals surface area contributed by atoms with Crippen molar-refractivity contribution in [2.75, 3.05) is 5.32 Å². The first-order chi connectivity index (χ1) is 7.02. The minimum Gasteiger partial charge on any atom is -0.322 e. The number of aromatic nitrogens is 1. The molecule has 1 amide bonds. The van der Waals surface area contributed by atoms with E-state index in [2.05, 4.69) is 26.2 Å². The van der Waals surface area contributed by atoms with E-state index in [0.717, 1.165) is 0 Å². The minimum atomic E-state index is -0.228. The highest BCUT2D eigenvalue weighted by Gasteiger charge is 2.19. The second-order valence-corrected chi connectivity index (χ2v) is 4.82. The number of anilines is 1. The van der Waals surface area contributed by atoms with Crippen LogP contribution in [-0.4, -0.2) is 15.7 Å². The number of nitrogens with zero attached hydrogens (tertiary/aromatic N) is 1. The SMILES string of the molecule is CC(C)C(Br)C(=O)Nc1cccnc1Cl. The molecule has 0 aliphatic heterocycles. The summed E-state index contributed by atoms with van der Waals surface area (Å²) in [6.07, 6.45) is 1.58. The number of hydrogen-bond acceptors (Lipinski definition) is 2. The lowest BCUT2D eigenvalue weighted by molar-refractivity contribution is -0.116. The number of hydrogen-bond donors (Lipinski definition) is 1. The largest absolute Gasteiger partial charge is 0.322 e. The van der Waals surface area contributed by atoms with E-state index in [1.807, 2.05) is 13.8 Å². The fourth-order valence-electron chi connectivity index (χ4n) is 0.984. The molecule has 1 unspecified atom stereocenters. The normalized spacial score (nSPS) is 12.6. The summed E-state index contributed by atoms with van der Waals surface area (Å²) in [6.45, 7) is 3.92. The topological polar surface area (TPSA) is 42.0 Å². The zero-order chi connectivity index (χ0) is 11.4. The molecule has 1 heterocycles. The van der Waals surface area contributed by atoms with E-state index in [1.165, 1.54) is 0 Å². The molecule has 0 aliphatic rings. The Kier molecular flexibility index (Phi) is 4.54. The summed E-state index contributed by atoms with van der Waals surface area (Å²) in [5, 5.41) is 3.01. The molecule has 1 rings (SSSR count). The second kappa shape index (κ2) is 5.47. The van der Waals surface area contributed by atoms with E-state index in [4.69, 9.17) is 11.6 Å². The minimum absolute atomic E-state index is 0.111. The van der Waals surface area contributed by atoms with Gasteiger partial charge < -0.3 is 5.32 Å². The molecular weight excluding hydrogens is 279 g/mol. The van der Waals surface area contributed by atoms with Gasteiger partial charge in [0.2, 0.25) is 5.91 Å². The van der Waals surface area contributed by atoms with E-state index >= 15 is 0 Å². The number of carbonyl (C=O) groups is 1. The van der Waals surface area contributed by atoms with Crippen molar-refractivity contribution in [3.05, 3.63) is 23.5 Å². The highest BCUT2D eigenvalue weighted by molar-refractivity contribution is 9.10. The Balaban J connectivity index is 2.71. The van der Waals surface area contributed by atoms with Crippen LogP contribution in [0, 0.1) is 5.92 Å². The maximum Gasteiger partial charge on any atom is 0.238 e. The lowest BCUT2D eigenvalue weighted by Gasteiger charge is -2.13. The standard InChI is InChI=1S/C10H12BrClN2O/c1-6(2)8(11)10(15)14-7-4-3-5-13-9(7)12/h3-6,8H,1-2H3,(H,14,15). The molecule has 0 saturated carbocycles. The molecule has 0 fully saturated rings. The molecule has 1 atom stereocenters. The Morgan fingerprint density at radius 1 is 1.60 bits per heavy atom. The number of rotatable bonds is 3. The van der Waals surface area contributed by atoms with Crippen molar-refractivity contribution >= 4 is 39.1 Å². The number of halogens is 2. The summed E-state index contributed by atoms with van der Waals surface area (Å²) in [4.78, 5) is 15.3. The average molecular weight is 292 g/mol. The van der Waals surface area contributed by atoms with Crippen molar-refractivity contribution in [2.24, 2.45) is 5.92 Å². The van der Waals surface area contributed by atoms with Crippen LogP contribution in [0.25, 0.3) is 0 Å². The smallest absolute Gasteiger partial charge is 0.238 e. The highest BCUT2D eigenvalue weighted by atomic mass is 79.9. The van der Waals surface area contributed by atoms with Crippen molar-refractivity contribution in [3.63, 3.8) is 0 Å². The van der Waals surface area contributed by atoms with Gasteiger partial charge in [0.25, 0.3) is 0 Å². The van der Waals surface area contributed by atoms with Crippen molar-refractivity contribution < 1.29 is 4.79 Å². The molecule has 0 aromatic carbocycles. The summed E-state index contributed by atoms with van der Waals surface area (Å²) in [5.41, 5.74) is 0.536. The van der Waals surface area contributed by atoms with Gasteiger partial charge in [0.1, 0.15) is 0 Å². The fourth-order valence-corrected chi connectivity index (χ4v) is 1.26. The van der Waals surface area contributed by atoms with Crippen molar-refractivity contribution in [1.82, 2.24) is 4.98 Å². The lowest BCUT2D eigenvalue weighted by Crippen LogP contribution is -2.27. The third-order valence-electron chi connectivity index (χ3n) is 1.85. The molecule has 0 radical (unpaired) electrons. The Morgan fingerprint density at radius 2 is 2.27 bits per heavy atom. The average Bonchev–Trinajstić information content (AvgIpc) is 2.20. The third kappa shape index (κ3) is 3.47. The monoisotopic (exact) mass is 290 g/mol. The highest BCUT2D eigenvalue weighted by Crippen LogP contribution is 2.20. The quantitative estimate of drug-likeness (QED) is 0.687. The van der Waals surface area contributed by atoms with Gasteiger partial charge in [-0.15, -0.1) is 0 Å². The number of carbonyl (C=O) groups excluding carboxylic acids is 1. The van der Waals surface area contributed by atoms with Crippen LogP contribution in [0.5, 0.6) is 0 Å². The third-order valence-corrected chi connectivity index (χ3v) is 3.63. The molecule has 1 N–H and O–H groups in total.